The van der Waals surface area contributed by atoms with Gasteiger partial charge in [-0.2, -0.15) is 0 Å². The van der Waals surface area contributed by atoms with Crippen molar-refractivity contribution in [2.24, 2.45) is 0 Å². The molecular weight excluding hydrogens is 346 g/mol. The average molecular weight is 373 g/mol. The second-order valence-electron chi connectivity index (χ2n) is 6.35. The number of carbonyl (C=O) groups is 2. The van der Waals surface area contributed by atoms with E-state index < -0.39 is 0 Å². The summed E-state index contributed by atoms with van der Waals surface area (Å²) in [6.07, 6.45) is 4.17. The molecule has 0 radical (unpaired) electrons. The van der Waals surface area contributed by atoms with Gasteiger partial charge in [-0.3, -0.25) is 9.59 Å². The molecule has 1 aromatic carbocycles. The number of rotatable bonds is 10. The second-order valence-corrected chi connectivity index (χ2v) is 6.35. The van der Waals surface area contributed by atoms with E-state index in [0.29, 0.717) is 18.0 Å². The van der Waals surface area contributed by atoms with Crippen LogP contribution in [0, 0.1) is 0 Å². The van der Waals surface area contributed by atoms with Gasteiger partial charge in [-0.05, 0) is 44.0 Å². The zero-order chi connectivity index (χ0) is 19.6. The van der Waals surface area contributed by atoms with Crippen LogP contribution < -0.4 is 10.1 Å². The minimum absolute atomic E-state index is 0.0601. The third-order valence-corrected chi connectivity index (χ3v) is 4.27. The molecular formula is C20H27N3O4. The highest BCUT2D eigenvalue weighted by Crippen LogP contribution is 2.16. The average Bonchev–Trinajstić information content (AvgIpc) is 3.18. The zero-order valence-corrected chi connectivity index (χ0v) is 16.1. The molecule has 1 aromatic heterocycles. The van der Waals surface area contributed by atoms with Gasteiger partial charge in [0.1, 0.15) is 18.6 Å². The van der Waals surface area contributed by atoms with Gasteiger partial charge in [-0.15, -0.1) is 0 Å². The van der Waals surface area contributed by atoms with Crippen LogP contribution >= 0.6 is 0 Å². The normalized spacial score (nSPS) is 11.7. The van der Waals surface area contributed by atoms with Gasteiger partial charge in [0, 0.05) is 17.7 Å². The summed E-state index contributed by atoms with van der Waals surface area (Å²) in [6.45, 7) is 6.60. The molecule has 1 N–H and O–H groups in total. The lowest BCUT2D eigenvalue weighted by Crippen LogP contribution is -2.43. The predicted octanol–water partition coefficient (Wildman–Crippen LogP) is 3.73. The van der Waals surface area contributed by atoms with Gasteiger partial charge in [-0.1, -0.05) is 25.4 Å². The summed E-state index contributed by atoms with van der Waals surface area (Å²) in [6, 6.07) is 8.49. The molecule has 27 heavy (non-hydrogen) atoms. The number of aromatic nitrogens is 1. The Kier molecular flexibility index (Phi) is 7.85. The monoisotopic (exact) mass is 373 g/mol. The fraction of sp³-hybridized carbons (Fsp3) is 0.450. The van der Waals surface area contributed by atoms with Crippen molar-refractivity contribution in [3.63, 3.8) is 0 Å². The highest BCUT2D eigenvalue weighted by atomic mass is 16.5. The smallest absolute Gasteiger partial charge is 0.254 e. The van der Waals surface area contributed by atoms with Gasteiger partial charge in [0.15, 0.2) is 5.82 Å². The van der Waals surface area contributed by atoms with Crippen molar-refractivity contribution in [1.29, 1.82) is 0 Å². The van der Waals surface area contributed by atoms with Crippen molar-refractivity contribution < 1.29 is 18.8 Å². The van der Waals surface area contributed by atoms with E-state index in [1.165, 1.54) is 6.26 Å². The Balaban J connectivity index is 2.04. The molecule has 1 heterocycles. The van der Waals surface area contributed by atoms with Gasteiger partial charge in [0.2, 0.25) is 5.91 Å². The molecule has 0 unspecified atom stereocenters. The Bertz CT molecular complexity index is 713. The molecule has 2 rings (SSSR count). The van der Waals surface area contributed by atoms with E-state index >= 15 is 0 Å². The Labute approximate surface area is 159 Å². The first-order chi connectivity index (χ1) is 13.0. The van der Waals surface area contributed by atoms with Crippen LogP contribution in [0.3, 0.4) is 0 Å². The lowest BCUT2D eigenvalue weighted by molar-refractivity contribution is -0.117. The van der Waals surface area contributed by atoms with Crippen molar-refractivity contribution in [2.45, 2.75) is 46.1 Å². The summed E-state index contributed by atoms with van der Waals surface area (Å²) in [5.74, 6) is 0.542. The largest absolute Gasteiger partial charge is 0.494 e. The number of ether oxygens (including phenoxy) is 1. The maximum absolute atomic E-state index is 12.9. The van der Waals surface area contributed by atoms with Gasteiger partial charge in [0.05, 0.1) is 6.61 Å². The number of hydrogen-bond acceptors (Lipinski definition) is 5. The Morgan fingerprint density at radius 2 is 1.96 bits per heavy atom. The highest BCUT2D eigenvalue weighted by molar-refractivity contribution is 5.99. The number of amides is 2. The highest BCUT2D eigenvalue weighted by Gasteiger charge is 2.23. The van der Waals surface area contributed by atoms with Gasteiger partial charge in [0.25, 0.3) is 5.91 Å². The molecule has 146 valence electrons. The van der Waals surface area contributed by atoms with Crippen LogP contribution in [0.15, 0.2) is 41.1 Å². The summed E-state index contributed by atoms with van der Waals surface area (Å²) in [5.41, 5.74) is 0.521. The molecule has 7 heteroatoms. The summed E-state index contributed by atoms with van der Waals surface area (Å²) >= 11 is 0. The third kappa shape index (κ3) is 6.13. The predicted molar refractivity (Wildman–Crippen MR) is 103 cm³/mol. The first kappa shape index (κ1) is 20.5. The van der Waals surface area contributed by atoms with Crippen LogP contribution in [0.25, 0.3) is 0 Å². The van der Waals surface area contributed by atoms with E-state index in [4.69, 9.17) is 9.26 Å². The first-order valence-electron chi connectivity index (χ1n) is 9.29. The first-order valence-corrected chi connectivity index (χ1v) is 9.29. The number of unbranched alkanes of at least 4 members (excludes halogenated alkanes) is 1. The lowest BCUT2D eigenvalue weighted by Gasteiger charge is -2.28. The maximum atomic E-state index is 12.9. The molecule has 1 atom stereocenters. The lowest BCUT2D eigenvalue weighted by atomic mass is 10.1. The number of benzene rings is 1. The summed E-state index contributed by atoms with van der Waals surface area (Å²) in [7, 11) is 0. The standard InChI is InChI=1S/C20H27N3O4/c1-4-6-12-26-17-9-7-16(8-10-17)20(25)23(15(3)5-2)14-19(24)21-18-11-13-27-22-18/h7-11,13,15H,4-6,12,14H2,1-3H3,(H,21,22,24)/t15-/m1/s1. The molecule has 0 fully saturated rings. The van der Waals surface area contributed by atoms with Gasteiger partial charge < -0.3 is 19.5 Å². The van der Waals surface area contributed by atoms with Crippen LogP contribution in [-0.4, -0.2) is 41.1 Å². The molecule has 0 aliphatic carbocycles. The molecule has 0 saturated heterocycles. The van der Waals surface area contributed by atoms with Crippen LogP contribution in [0.4, 0.5) is 5.82 Å². The molecule has 7 nitrogen and oxygen atoms in total. The summed E-state index contributed by atoms with van der Waals surface area (Å²) in [5, 5.41) is 6.27. The minimum Gasteiger partial charge on any atom is -0.494 e. The number of nitrogens with one attached hydrogen (secondary N) is 1. The summed E-state index contributed by atoms with van der Waals surface area (Å²) < 4.78 is 10.3. The molecule has 2 aromatic rings. The SMILES string of the molecule is CCCCOc1ccc(C(=O)N(CC(=O)Nc2ccon2)[C@H](C)CC)cc1. The molecule has 0 saturated carbocycles. The fourth-order valence-corrected chi connectivity index (χ4v) is 2.46. The van der Waals surface area contributed by atoms with Crippen LogP contribution in [-0.2, 0) is 4.79 Å². The number of hydrogen-bond donors (Lipinski definition) is 1. The molecule has 0 aliphatic rings. The Morgan fingerprint density at radius 3 is 2.56 bits per heavy atom. The quantitative estimate of drug-likeness (QED) is 0.642. The number of carbonyl (C=O) groups excluding carboxylic acids is 2. The van der Waals surface area contributed by atoms with Crippen LogP contribution in [0.2, 0.25) is 0 Å². The van der Waals surface area contributed by atoms with Crippen molar-refractivity contribution in [3.8, 4) is 5.75 Å². The summed E-state index contributed by atoms with van der Waals surface area (Å²) in [4.78, 5) is 26.8. The van der Waals surface area contributed by atoms with Crippen LogP contribution in [0.5, 0.6) is 5.75 Å². The third-order valence-electron chi connectivity index (χ3n) is 4.27. The molecule has 0 bridgehead atoms. The zero-order valence-electron chi connectivity index (χ0n) is 16.1. The topological polar surface area (TPSA) is 84.7 Å². The molecule has 0 spiro atoms. The maximum Gasteiger partial charge on any atom is 0.254 e. The van der Waals surface area contributed by atoms with Crippen molar-refractivity contribution >= 4 is 17.6 Å². The van der Waals surface area contributed by atoms with E-state index in [2.05, 4.69) is 17.4 Å². The molecule has 0 aliphatic heterocycles. The Hall–Kier alpha value is -2.83. The Morgan fingerprint density at radius 1 is 1.22 bits per heavy atom. The van der Waals surface area contributed by atoms with Crippen molar-refractivity contribution in [1.82, 2.24) is 10.1 Å². The van der Waals surface area contributed by atoms with Crippen molar-refractivity contribution in [2.75, 3.05) is 18.5 Å². The number of anilines is 1. The number of nitrogens with zero attached hydrogens (tertiary/aromatic N) is 2. The van der Waals surface area contributed by atoms with E-state index in [-0.39, 0.29) is 24.4 Å². The van der Waals surface area contributed by atoms with Gasteiger partial charge >= 0.3 is 0 Å². The fourth-order valence-electron chi connectivity index (χ4n) is 2.46. The van der Waals surface area contributed by atoms with Crippen LogP contribution in [0.1, 0.15) is 50.4 Å². The van der Waals surface area contributed by atoms with E-state index in [1.54, 1.807) is 35.2 Å². The van der Waals surface area contributed by atoms with E-state index in [1.807, 2.05) is 13.8 Å². The molecule has 2 amide bonds. The van der Waals surface area contributed by atoms with E-state index in [0.717, 1.165) is 25.0 Å². The van der Waals surface area contributed by atoms with Gasteiger partial charge in [-0.25, -0.2) is 0 Å². The van der Waals surface area contributed by atoms with E-state index in [9.17, 15) is 9.59 Å². The second kappa shape index (κ2) is 10.4. The minimum atomic E-state index is -0.322. The van der Waals surface area contributed by atoms with Crippen molar-refractivity contribution in [3.05, 3.63) is 42.2 Å².